The minimum atomic E-state index is -5.04. The normalized spacial score (nSPS) is 30.1. The van der Waals surface area contributed by atoms with Crippen molar-refractivity contribution in [3.05, 3.63) is 0 Å². The standard InChI is InChI=1S/C11H12F3NO4S/c1-19-10(18)6-4-20-7-3-2-5(9(17)15(6)7)8(16)11(12,13)14/h5-7H,2-4H2,1H3/t5-,6-,7-/m0/s1. The minimum Gasteiger partial charge on any atom is -0.467 e. The minimum absolute atomic E-state index is 0.140. The van der Waals surface area contributed by atoms with Crippen molar-refractivity contribution < 1.29 is 32.3 Å². The van der Waals surface area contributed by atoms with E-state index in [0.29, 0.717) is 0 Å². The van der Waals surface area contributed by atoms with Gasteiger partial charge in [0.25, 0.3) is 0 Å². The number of alkyl halides is 3. The Kier molecular flexibility index (Phi) is 3.99. The Bertz CT molecular complexity index is 453. The number of halogens is 3. The molecule has 2 saturated heterocycles. The summed E-state index contributed by atoms with van der Waals surface area (Å²) in [5.74, 6) is -5.10. The summed E-state index contributed by atoms with van der Waals surface area (Å²) in [4.78, 5) is 36.0. The molecule has 1 amide bonds. The van der Waals surface area contributed by atoms with Crippen LogP contribution in [0.15, 0.2) is 0 Å². The van der Waals surface area contributed by atoms with E-state index in [9.17, 15) is 27.6 Å². The van der Waals surface area contributed by atoms with Gasteiger partial charge in [0.05, 0.1) is 12.5 Å². The molecule has 0 aromatic carbocycles. The Morgan fingerprint density at radius 3 is 2.55 bits per heavy atom. The van der Waals surface area contributed by atoms with Gasteiger partial charge in [0.1, 0.15) is 12.0 Å². The van der Waals surface area contributed by atoms with Crippen LogP contribution in [0.4, 0.5) is 13.2 Å². The maximum absolute atomic E-state index is 12.5. The van der Waals surface area contributed by atoms with Crippen molar-refractivity contribution in [2.45, 2.75) is 30.4 Å². The molecule has 2 fully saturated rings. The summed E-state index contributed by atoms with van der Waals surface area (Å²) in [7, 11) is 1.15. The zero-order chi connectivity index (χ0) is 15.1. The topological polar surface area (TPSA) is 63.7 Å². The van der Waals surface area contributed by atoms with Gasteiger partial charge in [0.2, 0.25) is 11.7 Å². The number of esters is 1. The molecule has 0 aromatic heterocycles. The van der Waals surface area contributed by atoms with Crippen LogP contribution in [0.3, 0.4) is 0 Å². The molecule has 2 heterocycles. The molecule has 5 nitrogen and oxygen atoms in total. The molecule has 0 aliphatic carbocycles. The monoisotopic (exact) mass is 311 g/mol. The first-order valence-electron chi connectivity index (χ1n) is 5.90. The van der Waals surface area contributed by atoms with Gasteiger partial charge in [-0.1, -0.05) is 0 Å². The Labute approximate surface area is 116 Å². The van der Waals surface area contributed by atoms with Gasteiger partial charge in [-0.3, -0.25) is 9.59 Å². The summed E-state index contributed by atoms with van der Waals surface area (Å²) < 4.78 is 41.9. The van der Waals surface area contributed by atoms with Crippen LogP contribution in [-0.4, -0.2) is 53.0 Å². The number of rotatable bonds is 2. The number of carbonyl (C=O) groups excluding carboxylic acids is 3. The van der Waals surface area contributed by atoms with Crippen LogP contribution in [-0.2, 0) is 19.1 Å². The summed E-state index contributed by atoms with van der Waals surface area (Å²) in [5.41, 5.74) is 0. The summed E-state index contributed by atoms with van der Waals surface area (Å²) in [6.07, 6.45) is -4.92. The highest BCUT2D eigenvalue weighted by molar-refractivity contribution is 8.00. The van der Waals surface area contributed by atoms with Crippen LogP contribution in [0.25, 0.3) is 0 Å². The van der Waals surface area contributed by atoms with Crippen molar-refractivity contribution >= 4 is 29.4 Å². The van der Waals surface area contributed by atoms with Crippen molar-refractivity contribution in [3.63, 3.8) is 0 Å². The largest absolute Gasteiger partial charge is 0.467 e. The number of carbonyl (C=O) groups is 3. The second-order valence-corrected chi connectivity index (χ2v) is 5.78. The van der Waals surface area contributed by atoms with E-state index in [-0.39, 0.29) is 24.0 Å². The highest BCUT2D eigenvalue weighted by atomic mass is 32.2. The van der Waals surface area contributed by atoms with E-state index in [2.05, 4.69) is 4.74 Å². The Morgan fingerprint density at radius 2 is 2.00 bits per heavy atom. The zero-order valence-corrected chi connectivity index (χ0v) is 11.3. The molecule has 9 heteroatoms. The molecule has 112 valence electrons. The second kappa shape index (κ2) is 5.27. The van der Waals surface area contributed by atoms with Crippen LogP contribution < -0.4 is 0 Å². The fourth-order valence-electron chi connectivity index (χ4n) is 2.45. The van der Waals surface area contributed by atoms with Crippen molar-refractivity contribution in [1.82, 2.24) is 4.90 Å². The number of nitrogens with zero attached hydrogens (tertiary/aromatic N) is 1. The van der Waals surface area contributed by atoms with Crippen LogP contribution >= 0.6 is 11.8 Å². The van der Waals surface area contributed by atoms with E-state index in [1.165, 1.54) is 11.8 Å². The lowest BCUT2D eigenvalue weighted by atomic mass is 9.91. The van der Waals surface area contributed by atoms with Gasteiger partial charge in [-0.05, 0) is 12.8 Å². The first-order valence-corrected chi connectivity index (χ1v) is 6.95. The number of ketones is 1. The average molecular weight is 311 g/mol. The third-order valence-electron chi connectivity index (χ3n) is 3.42. The first kappa shape index (κ1) is 15.1. The van der Waals surface area contributed by atoms with E-state index < -0.39 is 35.8 Å². The number of thioether (sulfide) groups is 1. The molecule has 0 spiro atoms. The molecule has 2 aliphatic rings. The molecule has 0 unspecified atom stereocenters. The smallest absolute Gasteiger partial charge is 0.450 e. The van der Waals surface area contributed by atoms with Gasteiger partial charge in [0.15, 0.2) is 0 Å². The van der Waals surface area contributed by atoms with Gasteiger partial charge in [-0.2, -0.15) is 13.2 Å². The number of amides is 1. The lowest BCUT2D eigenvalue weighted by Crippen LogP contribution is -2.54. The number of piperidine rings is 1. The number of methoxy groups -OCH3 is 1. The molecular weight excluding hydrogens is 299 g/mol. The summed E-state index contributed by atoms with van der Waals surface area (Å²) in [6, 6.07) is -0.911. The van der Waals surface area contributed by atoms with E-state index in [1.807, 2.05) is 0 Å². The van der Waals surface area contributed by atoms with E-state index >= 15 is 0 Å². The predicted molar refractivity (Wildman–Crippen MR) is 62.7 cm³/mol. The fraction of sp³-hybridized carbons (Fsp3) is 0.727. The van der Waals surface area contributed by atoms with Crippen molar-refractivity contribution in [2.75, 3.05) is 12.9 Å². The first-order chi connectivity index (χ1) is 9.27. The molecule has 0 aromatic rings. The highest BCUT2D eigenvalue weighted by Crippen LogP contribution is 2.40. The van der Waals surface area contributed by atoms with Crippen molar-refractivity contribution in [3.8, 4) is 0 Å². The van der Waals surface area contributed by atoms with E-state index in [0.717, 1.165) is 12.0 Å². The highest BCUT2D eigenvalue weighted by Gasteiger charge is 2.53. The SMILES string of the molecule is COC(=O)[C@@H]1CS[C@H]2CC[C@@H](C(=O)C(F)(F)F)C(=O)N21. The summed E-state index contributed by atoms with van der Waals surface area (Å²) in [6.45, 7) is 0. The Balaban J connectivity index is 2.21. The molecule has 20 heavy (non-hydrogen) atoms. The molecule has 0 bridgehead atoms. The summed E-state index contributed by atoms with van der Waals surface area (Å²) >= 11 is 1.31. The molecule has 2 aliphatic heterocycles. The third-order valence-corrected chi connectivity index (χ3v) is 4.77. The van der Waals surface area contributed by atoms with Gasteiger partial charge in [-0.15, -0.1) is 11.8 Å². The molecule has 3 atom stereocenters. The Hall–Kier alpha value is -1.25. The van der Waals surface area contributed by atoms with Crippen LogP contribution in [0.2, 0.25) is 0 Å². The van der Waals surface area contributed by atoms with E-state index in [4.69, 9.17) is 0 Å². The van der Waals surface area contributed by atoms with E-state index in [1.54, 1.807) is 0 Å². The lowest BCUT2D eigenvalue weighted by molar-refractivity contribution is -0.181. The number of Topliss-reactive ketones (excluding diaryl/α,β-unsaturated/α-hetero) is 1. The number of ether oxygens (including phenoxy) is 1. The molecule has 2 rings (SSSR count). The molecule has 0 N–H and O–H groups in total. The number of hydrogen-bond donors (Lipinski definition) is 0. The van der Waals surface area contributed by atoms with Crippen molar-refractivity contribution in [2.24, 2.45) is 5.92 Å². The average Bonchev–Trinajstić information content (AvgIpc) is 2.81. The van der Waals surface area contributed by atoms with Gasteiger partial charge in [-0.25, -0.2) is 4.79 Å². The number of fused-ring (bicyclic) bond motifs is 1. The summed E-state index contributed by atoms with van der Waals surface area (Å²) in [5, 5.41) is -0.358. The van der Waals surface area contributed by atoms with Gasteiger partial charge in [0, 0.05) is 5.75 Å². The molecular formula is C11H12F3NO4S. The lowest BCUT2D eigenvalue weighted by Gasteiger charge is -2.35. The maximum atomic E-state index is 12.5. The van der Waals surface area contributed by atoms with Gasteiger partial charge >= 0.3 is 12.1 Å². The van der Waals surface area contributed by atoms with Crippen LogP contribution in [0, 0.1) is 5.92 Å². The van der Waals surface area contributed by atoms with Crippen LogP contribution in [0.1, 0.15) is 12.8 Å². The quantitative estimate of drug-likeness (QED) is 0.562. The number of hydrogen-bond acceptors (Lipinski definition) is 5. The Morgan fingerprint density at radius 1 is 1.35 bits per heavy atom. The maximum Gasteiger partial charge on any atom is 0.450 e. The predicted octanol–water partition coefficient (Wildman–Crippen LogP) is 0.971. The second-order valence-electron chi connectivity index (χ2n) is 4.56. The van der Waals surface area contributed by atoms with Crippen molar-refractivity contribution in [1.29, 1.82) is 0 Å². The molecule has 0 saturated carbocycles. The third kappa shape index (κ3) is 2.50. The molecule has 0 radical (unpaired) electrons. The zero-order valence-electron chi connectivity index (χ0n) is 10.5. The van der Waals surface area contributed by atoms with Crippen LogP contribution in [0.5, 0.6) is 0 Å². The van der Waals surface area contributed by atoms with Gasteiger partial charge < -0.3 is 9.64 Å². The fourth-order valence-corrected chi connectivity index (χ4v) is 3.87.